The standard InChI is InChI=1S/C25H33NO/c1-4-6-16-26(17-7-5-2)19(3)25(27)22-15-14-21-13-12-20-10-8-9-11-23(20)24(21)18-22/h8-15,18-19,25,27H,4-7,16-17H2,1-3H3. The molecule has 0 saturated heterocycles. The first-order chi connectivity index (χ1) is 13.2. The predicted octanol–water partition coefficient (Wildman–Crippen LogP) is 6.32. The third-order valence-corrected chi connectivity index (χ3v) is 5.74. The average Bonchev–Trinajstić information content (AvgIpc) is 2.72. The smallest absolute Gasteiger partial charge is 0.0942 e. The van der Waals surface area contributed by atoms with Crippen molar-refractivity contribution in [2.45, 2.75) is 58.6 Å². The summed E-state index contributed by atoms with van der Waals surface area (Å²) in [5, 5.41) is 16.1. The molecule has 0 fully saturated rings. The van der Waals surface area contributed by atoms with E-state index in [4.69, 9.17) is 0 Å². The summed E-state index contributed by atoms with van der Waals surface area (Å²) in [5.74, 6) is 0. The Kier molecular flexibility index (Phi) is 6.87. The molecular weight excluding hydrogens is 330 g/mol. The van der Waals surface area contributed by atoms with Gasteiger partial charge in [0, 0.05) is 6.04 Å². The molecule has 0 heterocycles. The third-order valence-electron chi connectivity index (χ3n) is 5.74. The maximum atomic E-state index is 11.1. The van der Waals surface area contributed by atoms with Gasteiger partial charge in [-0.1, -0.05) is 75.2 Å². The number of benzene rings is 3. The number of hydrogen-bond donors (Lipinski definition) is 1. The largest absolute Gasteiger partial charge is 0.387 e. The molecule has 3 aromatic carbocycles. The molecule has 0 aromatic heterocycles. The first-order valence-corrected chi connectivity index (χ1v) is 10.5. The van der Waals surface area contributed by atoms with Gasteiger partial charge < -0.3 is 5.11 Å². The van der Waals surface area contributed by atoms with Crippen LogP contribution in [-0.4, -0.2) is 29.1 Å². The van der Waals surface area contributed by atoms with Crippen LogP contribution in [0.3, 0.4) is 0 Å². The van der Waals surface area contributed by atoms with Crippen molar-refractivity contribution in [3.63, 3.8) is 0 Å². The molecule has 0 aliphatic carbocycles. The van der Waals surface area contributed by atoms with Crippen molar-refractivity contribution in [2.75, 3.05) is 13.1 Å². The molecule has 3 aromatic rings. The van der Waals surface area contributed by atoms with Gasteiger partial charge in [0.25, 0.3) is 0 Å². The number of hydrogen-bond acceptors (Lipinski definition) is 2. The van der Waals surface area contributed by atoms with E-state index in [2.05, 4.69) is 80.3 Å². The van der Waals surface area contributed by atoms with Gasteiger partial charge in [-0.3, -0.25) is 4.90 Å². The summed E-state index contributed by atoms with van der Waals surface area (Å²) >= 11 is 0. The highest BCUT2D eigenvalue weighted by Gasteiger charge is 2.23. The van der Waals surface area contributed by atoms with Crippen molar-refractivity contribution in [1.82, 2.24) is 4.90 Å². The molecule has 0 bridgehead atoms. The summed E-state index contributed by atoms with van der Waals surface area (Å²) in [6, 6.07) is 19.4. The molecule has 2 unspecified atom stereocenters. The SMILES string of the molecule is CCCCN(CCCC)C(C)C(O)c1ccc2ccc3ccccc3c2c1. The van der Waals surface area contributed by atoms with Crippen molar-refractivity contribution < 1.29 is 5.11 Å². The number of fused-ring (bicyclic) bond motifs is 3. The fourth-order valence-electron chi connectivity index (χ4n) is 3.92. The highest BCUT2D eigenvalue weighted by atomic mass is 16.3. The molecule has 0 aliphatic rings. The van der Waals surface area contributed by atoms with Crippen LogP contribution in [0.5, 0.6) is 0 Å². The van der Waals surface area contributed by atoms with Crippen LogP contribution in [0.2, 0.25) is 0 Å². The van der Waals surface area contributed by atoms with E-state index >= 15 is 0 Å². The maximum absolute atomic E-state index is 11.1. The zero-order valence-electron chi connectivity index (χ0n) is 17.0. The van der Waals surface area contributed by atoms with Crippen LogP contribution in [-0.2, 0) is 0 Å². The maximum Gasteiger partial charge on any atom is 0.0942 e. The van der Waals surface area contributed by atoms with Crippen LogP contribution in [0.4, 0.5) is 0 Å². The Hall–Kier alpha value is -1.90. The minimum absolute atomic E-state index is 0.121. The lowest BCUT2D eigenvalue weighted by molar-refractivity contribution is 0.0561. The van der Waals surface area contributed by atoms with Gasteiger partial charge in [0.1, 0.15) is 0 Å². The highest BCUT2D eigenvalue weighted by Crippen LogP contribution is 2.30. The van der Waals surface area contributed by atoms with Gasteiger partial charge >= 0.3 is 0 Å². The molecular formula is C25H33NO. The van der Waals surface area contributed by atoms with Gasteiger partial charge in [-0.05, 0) is 66.0 Å². The summed E-state index contributed by atoms with van der Waals surface area (Å²) < 4.78 is 0. The Morgan fingerprint density at radius 3 is 2.07 bits per heavy atom. The molecule has 0 radical (unpaired) electrons. The van der Waals surface area contributed by atoms with E-state index in [-0.39, 0.29) is 6.04 Å². The fourth-order valence-corrected chi connectivity index (χ4v) is 3.92. The topological polar surface area (TPSA) is 23.5 Å². The number of rotatable bonds is 9. The zero-order valence-corrected chi connectivity index (χ0v) is 17.0. The Labute approximate surface area is 163 Å². The summed E-state index contributed by atoms with van der Waals surface area (Å²) in [6.45, 7) is 8.75. The van der Waals surface area contributed by atoms with Crippen LogP contribution in [0.15, 0.2) is 54.6 Å². The monoisotopic (exact) mass is 363 g/mol. The minimum atomic E-state index is -0.470. The lowest BCUT2D eigenvalue weighted by Crippen LogP contribution is -2.39. The van der Waals surface area contributed by atoms with Crippen LogP contribution in [0.1, 0.15) is 58.1 Å². The molecule has 0 spiro atoms. The summed E-state index contributed by atoms with van der Waals surface area (Å²) in [6.07, 6.45) is 4.27. The second kappa shape index (κ2) is 9.34. The van der Waals surface area contributed by atoms with Crippen molar-refractivity contribution in [2.24, 2.45) is 0 Å². The second-order valence-electron chi connectivity index (χ2n) is 7.70. The van der Waals surface area contributed by atoms with Crippen LogP contribution in [0.25, 0.3) is 21.5 Å². The third kappa shape index (κ3) is 4.51. The van der Waals surface area contributed by atoms with Crippen LogP contribution < -0.4 is 0 Å². The quantitative estimate of drug-likeness (QED) is 0.450. The number of aliphatic hydroxyl groups excluding tert-OH is 1. The van der Waals surface area contributed by atoms with E-state index < -0.39 is 6.10 Å². The molecule has 3 rings (SSSR count). The summed E-state index contributed by atoms with van der Waals surface area (Å²) in [4.78, 5) is 2.46. The van der Waals surface area contributed by atoms with E-state index in [1.807, 2.05) is 0 Å². The molecule has 0 aliphatic heterocycles. The Balaban J connectivity index is 1.91. The van der Waals surface area contributed by atoms with Crippen LogP contribution >= 0.6 is 0 Å². The summed E-state index contributed by atoms with van der Waals surface area (Å²) in [5.41, 5.74) is 1.02. The van der Waals surface area contributed by atoms with E-state index in [1.165, 1.54) is 47.2 Å². The normalized spacial score (nSPS) is 14.1. The Morgan fingerprint density at radius 2 is 1.41 bits per heavy atom. The average molecular weight is 364 g/mol. The number of unbranched alkanes of at least 4 members (excludes halogenated alkanes) is 2. The highest BCUT2D eigenvalue weighted by molar-refractivity contribution is 6.07. The molecule has 2 heteroatoms. The molecule has 144 valence electrons. The van der Waals surface area contributed by atoms with Gasteiger partial charge in [0.05, 0.1) is 6.10 Å². The lowest BCUT2D eigenvalue weighted by atomic mass is 9.95. The second-order valence-corrected chi connectivity index (χ2v) is 7.70. The van der Waals surface area contributed by atoms with Gasteiger partial charge in [0.15, 0.2) is 0 Å². The van der Waals surface area contributed by atoms with E-state index in [1.54, 1.807) is 0 Å². The van der Waals surface area contributed by atoms with Crippen molar-refractivity contribution >= 4 is 21.5 Å². The lowest BCUT2D eigenvalue weighted by Gasteiger charge is -2.32. The molecule has 1 N–H and O–H groups in total. The van der Waals surface area contributed by atoms with Gasteiger partial charge in [-0.2, -0.15) is 0 Å². The zero-order chi connectivity index (χ0) is 19.2. The van der Waals surface area contributed by atoms with E-state index in [9.17, 15) is 5.11 Å². The first kappa shape index (κ1) is 19.9. The molecule has 27 heavy (non-hydrogen) atoms. The van der Waals surface area contributed by atoms with Gasteiger partial charge in [-0.15, -0.1) is 0 Å². The van der Waals surface area contributed by atoms with Crippen molar-refractivity contribution in [1.29, 1.82) is 0 Å². The molecule has 0 amide bonds. The van der Waals surface area contributed by atoms with Crippen LogP contribution in [0, 0.1) is 0 Å². The van der Waals surface area contributed by atoms with E-state index in [0.29, 0.717) is 0 Å². The van der Waals surface area contributed by atoms with Crippen molar-refractivity contribution in [3.05, 3.63) is 60.2 Å². The Morgan fingerprint density at radius 1 is 0.815 bits per heavy atom. The van der Waals surface area contributed by atoms with Gasteiger partial charge in [0.2, 0.25) is 0 Å². The fraction of sp³-hybridized carbons (Fsp3) is 0.440. The molecule has 0 saturated carbocycles. The number of aliphatic hydroxyl groups is 1. The Bertz CT molecular complexity index is 864. The predicted molar refractivity (Wildman–Crippen MR) is 117 cm³/mol. The van der Waals surface area contributed by atoms with E-state index in [0.717, 1.165) is 18.7 Å². The first-order valence-electron chi connectivity index (χ1n) is 10.5. The summed E-state index contributed by atoms with van der Waals surface area (Å²) in [7, 11) is 0. The number of nitrogens with zero attached hydrogens (tertiary/aromatic N) is 1. The molecule has 2 nitrogen and oxygen atoms in total. The van der Waals surface area contributed by atoms with Crippen molar-refractivity contribution in [3.8, 4) is 0 Å². The molecule has 2 atom stereocenters. The van der Waals surface area contributed by atoms with Gasteiger partial charge in [-0.25, -0.2) is 0 Å². The minimum Gasteiger partial charge on any atom is -0.387 e.